The summed E-state index contributed by atoms with van der Waals surface area (Å²) >= 11 is 1.52. The van der Waals surface area contributed by atoms with Gasteiger partial charge in [0.2, 0.25) is 5.13 Å². The molecule has 0 aliphatic rings. The molecule has 0 spiro atoms. The molecule has 4 aromatic rings. The fourth-order valence-corrected chi connectivity index (χ4v) is 4.04. The van der Waals surface area contributed by atoms with E-state index in [-0.39, 0.29) is 5.56 Å². The average molecular weight is 376 g/mol. The molecule has 27 heavy (non-hydrogen) atoms. The number of aliphatic imine (C=N–C) groups is 1. The molecule has 2 aromatic heterocycles. The minimum absolute atomic E-state index is 0.111. The van der Waals surface area contributed by atoms with Gasteiger partial charge in [-0.25, -0.2) is 14.7 Å². The first kappa shape index (κ1) is 17.4. The Labute approximate surface area is 161 Å². The van der Waals surface area contributed by atoms with E-state index in [1.54, 1.807) is 10.9 Å². The molecule has 0 atom stereocenters. The van der Waals surface area contributed by atoms with E-state index in [0.717, 1.165) is 27.2 Å². The molecule has 1 N–H and O–H groups in total. The second-order valence-corrected chi connectivity index (χ2v) is 7.82. The van der Waals surface area contributed by atoms with Crippen molar-refractivity contribution in [3.63, 3.8) is 0 Å². The molecule has 0 fully saturated rings. The van der Waals surface area contributed by atoms with E-state index < -0.39 is 0 Å². The lowest BCUT2D eigenvalue weighted by molar-refractivity contribution is 0.828. The molecule has 0 saturated carbocycles. The molecule has 0 bridgehead atoms. The Kier molecular flexibility index (Phi) is 4.28. The summed E-state index contributed by atoms with van der Waals surface area (Å²) in [6.45, 7) is 7.98. The molecule has 2 aromatic carbocycles. The van der Waals surface area contributed by atoms with Gasteiger partial charge in [0, 0.05) is 11.9 Å². The smallest absolute Gasteiger partial charge is 0.280 e. The maximum absolute atomic E-state index is 12.9. The number of H-pyrrole nitrogens is 1. The Balaban J connectivity index is 1.72. The van der Waals surface area contributed by atoms with Crippen molar-refractivity contribution in [2.45, 2.75) is 27.7 Å². The molecule has 0 aliphatic carbocycles. The molecular weight excluding hydrogens is 356 g/mol. The van der Waals surface area contributed by atoms with Crippen LogP contribution in [0.3, 0.4) is 0 Å². The van der Waals surface area contributed by atoms with Gasteiger partial charge in [-0.2, -0.15) is 0 Å². The number of aryl methyl sites for hydroxylation is 4. The lowest BCUT2D eigenvalue weighted by Crippen LogP contribution is -2.18. The highest BCUT2D eigenvalue weighted by Crippen LogP contribution is 2.28. The zero-order valence-electron chi connectivity index (χ0n) is 15.7. The van der Waals surface area contributed by atoms with Crippen LogP contribution < -0.4 is 5.56 Å². The largest absolute Gasteiger partial charge is 0.295 e. The van der Waals surface area contributed by atoms with Gasteiger partial charge in [0.05, 0.1) is 21.5 Å². The molecule has 0 aliphatic heterocycles. The highest BCUT2D eigenvalue weighted by atomic mass is 32.1. The number of thiazole rings is 1. The number of aromatic amines is 1. The maximum atomic E-state index is 12.9. The Morgan fingerprint density at radius 1 is 1.07 bits per heavy atom. The fraction of sp³-hybridized carbons (Fsp3) is 0.190. The predicted octanol–water partition coefficient (Wildman–Crippen LogP) is 4.76. The van der Waals surface area contributed by atoms with Gasteiger partial charge in [-0.1, -0.05) is 35.1 Å². The van der Waals surface area contributed by atoms with E-state index >= 15 is 0 Å². The Morgan fingerprint density at radius 2 is 1.81 bits per heavy atom. The van der Waals surface area contributed by atoms with Crippen LogP contribution in [-0.2, 0) is 0 Å². The minimum atomic E-state index is -0.111. The van der Waals surface area contributed by atoms with E-state index in [1.165, 1.54) is 22.5 Å². The molecule has 5 nitrogen and oxygen atoms in total. The Bertz CT molecular complexity index is 1240. The number of nitrogens with one attached hydrogen (secondary N) is 1. The van der Waals surface area contributed by atoms with Crippen LogP contribution in [0.2, 0.25) is 0 Å². The van der Waals surface area contributed by atoms with Crippen molar-refractivity contribution in [1.29, 1.82) is 0 Å². The topological polar surface area (TPSA) is 63.0 Å². The fourth-order valence-electron chi connectivity index (χ4n) is 3.13. The van der Waals surface area contributed by atoms with Crippen LogP contribution in [0.5, 0.6) is 0 Å². The highest BCUT2D eigenvalue weighted by molar-refractivity contribution is 7.22. The van der Waals surface area contributed by atoms with Crippen molar-refractivity contribution in [3.8, 4) is 5.69 Å². The van der Waals surface area contributed by atoms with Crippen molar-refractivity contribution < 1.29 is 0 Å². The van der Waals surface area contributed by atoms with Gasteiger partial charge in [-0.05, 0) is 57.0 Å². The third kappa shape index (κ3) is 3.24. The number of fused-ring (bicyclic) bond motifs is 1. The summed E-state index contributed by atoms with van der Waals surface area (Å²) in [5, 5.41) is 3.80. The number of aromatic nitrogens is 3. The molecule has 0 unspecified atom stereocenters. The molecule has 0 radical (unpaired) electrons. The van der Waals surface area contributed by atoms with E-state index in [1.807, 2.05) is 45.0 Å². The van der Waals surface area contributed by atoms with Crippen molar-refractivity contribution in [1.82, 2.24) is 14.8 Å². The van der Waals surface area contributed by atoms with Gasteiger partial charge in [0.1, 0.15) is 0 Å². The number of nitrogens with zero attached hydrogens (tertiary/aromatic N) is 3. The highest BCUT2D eigenvalue weighted by Gasteiger charge is 2.12. The van der Waals surface area contributed by atoms with Gasteiger partial charge in [-0.3, -0.25) is 9.89 Å². The summed E-state index contributed by atoms with van der Waals surface area (Å²) in [6.07, 6.45) is 1.61. The second-order valence-electron chi connectivity index (χ2n) is 6.81. The molecule has 0 amide bonds. The molecule has 4 rings (SSSR count). The third-order valence-electron chi connectivity index (χ3n) is 4.55. The van der Waals surface area contributed by atoms with Crippen LogP contribution in [0.15, 0.2) is 46.2 Å². The van der Waals surface area contributed by atoms with Gasteiger partial charge in [-0.15, -0.1) is 0 Å². The lowest BCUT2D eigenvalue weighted by atomic mass is 10.1. The van der Waals surface area contributed by atoms with Crippen molar-refractivity contribution in [2.75, 3.05) is 0 Å². The molecule has 6 heteroatoms. The summed E-state index contributed by atoms with van der Waals surface area (Å²) in [5.41, 5.74) is 6.40. The van der Waals surface area contributed by atoms with E-state index in [4.69, 9.17) is 0 Å². The first-order valence-corrected chi connectivity index (χ1v) is 9.54. The monoisotopic (exact) mass is 376 g/mol. The van der Waals surface area contributed by atoms with Crippen LogP contribution in [0.4, 0.5) is 5.13 Å². The van der Waals surface area contributed by atoms with Gasteiger partial charge in [0.15, 0.2) is 0 Å². The molecule has 0 saturated heterocycles. The van der Waals surface area contributed by atoms with Crippen LogP contribution in [-0.4, -0.2) is 21.0 Å². The number of rotatable bonds is 3. The SMILES string of the molecule is Cc1ccc(-n2[nH]c(C)c(C=Nc3nc4ccc(C)cc4s3)c2=O)c(C)c1. The van der Waals surface area contributed by atoms with Gasteiger partial charge in [0.25, 0.3) is 5.56 Å². The lowest BCUT2D eigenvalue weighted by Gasteiger charge is -2.06. The summed E-state index contributed by atoms with van der Waals surface area (Å²) in [7, 11) is 0. The van der Waals surface area contributed by atoms with Crippen LogP contribution in [0.1, 0.15) is 27.9 Å². The van der Waals surface area contributed by atoms with E-state index in [0.29, 0.717) is 10.7 Å². The van der Waals surface area contributed by atoms with Gasteiger partial charge < -0.3 is 0 Å². The quantitative estimate of drug-likeness (QED) is 0.524. The van der Waals surface area contributed by atoms with Crippen LogP contribution in [0, 0.1) is 27.7 Å². The first-order chi connectivity index (χ1) is 12.9. The normalized spacial score (nSPS) is 11.7. The zero-order valence-corrected chi connectivity index (χ0v) is 16.5. The van der Waals surface area contributed by atoms with Gasteiger partial charge >= 0.3 is 0 Å². The summed E-state index contributed by atoms with van der Waals surface area (Å²) in [6, 6.07) is 12.2. The van der Waals surface area contributed by atoms with Crippen molar-refractivity contribution in [3.05, 3.63) is 74.7 Å². The minimum Gasteiger partial charge on any atom is -0.295 e. The Morgan fingerprint density at radius 3 is 2.59 bits per heavy atom. The Hall–Kier alpha value is -2.99. The van der Waals surface area contributed by atoms with E-state index in [9.17, 15) is 4.79 Å². The third-order valence-corrected chi connectivity index (χ3v) is 5.47. The van der Waals surface area contributed by atoms with Crippen LogP contribution >= 0.6 is 11.3 Å². The number of benzene rings is 2. The molecular formula is C21H20N4OS. The average Bonchev–Trinajstić information content (AvgIpc) is 3.13. The van der Waals surface area contributed by atoms with Crippen molar-refractivity contribution >= 4 is 32.9 Å². The van der Waals surface area contributed by atoms with E-state index in [2.05, 4.69) is 34.1 Å². The molecule has 136 valence electrons. The zero-order chi connectivity index (χ0) is 19.1. The number of hydrogen-bond donors (Lipinski definition) is 1. The first-order valence-electron chi connectivity index (χ1n) is 8.73. The summed E-state index contributed by atoms with van der Waals surface area (Å²) in [4.78, 5) is 21.9. The standard InChI is InChI=1S/C21H20N4OS/c1-12-6-8-18(14(3)9-12)25-20(26)16(15(4)24-25)11-22-21-23-17-7-5-13(2)10-19(17)27-21/h5-11,24H,1-4H3. The molecule has 2 heterocycles. The second kappa shape index (κ2) is 6.63. The summed E-state index contributed by atoms with van der Waals surface area (Å²) < 4.78 is 2.67. The summed E-state index contributed by atoms with van der Waals surface area (Å²) in [5.74, 6) is 0. The predicted molar refractivity (Wildman–Crippen MR) is 112 cm³/mol. The van der Waals surface area contributed by atoms with Crippen molar-refractivity contribution in [2.24, 2.45) is 4.99 Å². The van der Waals surface area contributed by atoms with Crippen LogP contribution in [0.25, 0.3) is 15.9 Å². The number of hydrogen-bond acceptors (Lipinski definition) is 4. The maximum Gasteiger partial charge on any atom is 0.280 e.